The summed E-state index contributed by atoms with van der Waals surface area (Å²) in [6.45, 7) is 2.27. The molecule has 0 spiro atoms. The molecule has 4 nitrogen and oxygen atoms in total. The van der Waals surface area contributed by atoms with Crippen LogP contribution >= 0.6 is 0 Å². The number of aromatic hydroxyl groups is 1. The van der Waals surface area contributed by atoms with E-state index in [1.165, 1.54) is 12.1 Å². The van der Waals surface area contributed by atoms with Crippen LogP contribution in [0.4, 0.5) is 0 Å². The van der Waals surface area contributed by atoms with E-state index in [1.54, 1.807) is 6.07 Å². The van der Waals surface area contributed by atoms with Crippen LogP contribution in [0.2, 0.25) is 0 Å². The Morgan fingerprint density at radius 2 is 1.84 bits per heavy atom. The van der Waals surface area contributed by atoms with Crippen LogP contribution < -0.4 is 4.74 Å². The number of aromatic carboxylic acids is 1. The van der Waals surface area contributed by atoms with Gasteiger partial charge in [0, 0.05) is 0 Å². The zero-order valence-electron chi connectivity index (χ0n) is 10.5. The standard InChI is InChI=1S/C15H14O4/c1-10-2-5-12(6-3-10)19-9-11-4-7-13(15(17)18)14(16)8-11/h2-8,16H,9H2,1H3,(H,17,18). The van der Waals surface area contributed by atoms with Crippen molar-refractivity contribution in [2.24, 2.45) is 0 Å². The minimum absolute atomic E-state index is 0.112. The first-order chi connectivity index (χ1) is 9.06. The van der Waals surface area contributed by atoms with Gasteiger partial charge in [0.2, 0.25) is 0 Å². The molecule has 0 saturated heterocycles. The van der Waals surface area contributed by atoms with Gasteiger partial charge in [-0.25, -0.2) is 4.79 Å². The van der Waals surface area contributed by atoms with Gasteiger partial charge in [0.25, 0.3) is 0 Å². The average Bonchev–Trinajstić information content (AvgIpc) is 2.37. The lowest BCUT2D eigenvalue weighted by Gasteiger charge is -2.08. The fraction of sp³-hybridized carbons (Fsp3) is 0.133. The first-order valence-corrected chi connectivity index (χ1v) is 5.81. The van der Waals surface area contributed by atoms with E-state index in [9.17, 15) is 9.90 Å². The van der Waals surface area contributed by atoms with Crippen LogP contribution in [-0.2, 0) is 6.61 Å². The first kappa shape index (κ1) is 13.0. The van der Waals surface area contributed by atoms with Crippen molar-refractivity contribution in [3.8, 4) is 11.5 Å². The van der Waals surface area contributed by atoms with Crippen molar-refractivity contribution >= 4 is 5.97 Å². The quantitative estimate of drug-likeness (QED) is 0.884. The average molecular weight is 258 g/mol. The summed E-state index contributed by atoms with van der Waals surface area (Å²) in [6, 6.07) is 12.0. The van der Waals surface area contributed by atoms with Gasteiger partial charge in [-0.15, -0.1) is 0 Å². The molecule has 0 saturated carbocycles. The molecule has 0 radical (unpaired) electrons. The minimum atomic E-state index is -1.15. The number of carbonyl (C=O) groups is 1. The van der Waals surface area contributed by atoms with E-state index in [0.717, 1.165) is 11.3 Å². The number of rotatable bonds is 4. The highest BCUT2D eigenvalue weighted by molar-refractivity contribution is 5.90. The monoisotopic (exact) mass is 258 g/mol. The maximum absolute atomic E-state index is 10.8. The fourth-order valence-corrected chi connectivity index (χ4v) is 1.65. The number of carboxylic acids is 1. The summed E-state index contributed by atoms with van der Waals surface area (Å²) in [5.74, 6) is -0.673. The lowest BCUT2D eigenvalue weighted by molar-refractivity contribution is 0.0693. The lowest BCUT2D eigenvalue weighted by atomic mass is 10.1. The number of phenols is 1. The van der Waals surface area contributed by atoms with Crippen LogP contribution in [0.1, 0.15) is 21.5 Å². The van der Waals surface area contributed by atoms with Crippen LogP contribution in [0.25, 0.3) is 0 Å². The molecule has 0 heterocycles. The maximum atomic E-state index is 10.8. The fourth-order valence-electron chi connectivity index (χ4n) is 1.65. The van der Waals surface area contributed by atoms with Crippen molar-refractivity contribution < 1.29 is 19.7 Å². The van der Waals surface area contributed by atoms with Crippen molar-refractivity contribution in [1.29, 1.82) is 0 Å². The summed E-state index contributed by atoms with van der Waals surface area (Å²) < 4.78 is 5.54. The third-order valence-electron chi connectivity index (χ3n) is 2.72. The van der Waals surface area contributed by atoms with E-state index in [1.807, 2.05) is 31.2 Å². The molecule has 0 aliphatic rings. The Morgan fingerprint density at radius 1 is 1.16 bits per heavy atom. The molecule has 0 aromatic heterocycles. The summed E-state index contributed by atoms with van der Waals surface area (Å²) >= 11 is 0. The highest BCUT2D eigenvalue weighted by Crippen LogP contribution is 2.20. The van der Waals surface area contributed by atoms with Crippen LogP contribution in [0.3, 0.4) is 0 Å². The summed E-state index contributed by atoms with van der Waals surface area (Å²) in [5, 5.41) is 18.4. The zero-order chi connectivity index (χ0) is 13.8. The Balaban J connectivity index is 2.06. The van der Waals surface area contributed by atoms with E-state index < -0.39 is 5.97 Å². The van der Waals surface area contributed by atoms with Gasteiger partial charge in [0.05, 0.1) is 0 Å². The molecule has 0 aliphatic carbocycles. The summed E-state index contributed by atoms with van der Waals surface area (Å²) in [4.78, 5) is 10.8. The predicted molar refractivity (Wildman–Crippen MR) is 70.6 cm³/mol. The van der Waals surface area contributed by atoms with Crippen molar-refractivity contribution in [3.63, 3.8) is 0 Å². The van der Waals surface area contributed by atoms with E-state index in [2.05, 4.69) is 0 Å². The number of hydrogen-bond acceptors (Lipinski definition) is 3. The van der Waals surface area contributed by atoms with Gasteiger partial charge >= 0.3 is 5.97 Å². The van der Waals surface area contributed by atoms with Crippen LogP contribution in [-0.4, -0.2) is 16.2 Å². The number of ether oxygens (including phenoxy) is 1. The number of carboxylic acid groups (broad SMARTS) is 1. The largest absolute Gasteiger partial charge is 0.507 e. The second-order valence-electron chi connectivity index (χ2n) is 4.26. The third kappa shape index (κ3) is 3.25. The Hall–Kier alpha value is -2.49. The Morgan fingerprint density at radius 3 is 2.42 bits per heavy atom. The molecule has 98 valence electrons. The molecule has 0 bridgehead atoms. The van der Waals surface area contributed by atoms with Gasteiger partial charge in [-0.2, -0.15) is 0 Å². The zero-order valence-corrected chi connectivity index (χ0v) is 10.5. The summed E-state index contributed by atoms with van der Waals surface area (Å²) in [5.41, 5.74) is 1.75. The molecule has 4 heteroatoms. The highest BCUT2D eigenvalue weighted by atomic mass is 16.5. The molecular weight excluding hydrogens is 244 g/mol. The van der Waals surface area contributed by atoms with Crippen LogP contribution in [0, 0.1) is 6.92 Å². The topological polar surface area (TPSA) is 66.8 Å². The molecule has 0 amide bonds. The molecule has 0 fully saturated rings. The van der Waals surface area contributed by atoms with E-state index in [0.29, 0.717) is 5.56 Å². The van der Waals surface area contributed by atoms with E-state index in [4.69, 9.17) is 9.84 Å². The van der Waals surface area contributed by atoms with Gasteiger partial charge < -0.3 is 14.9 Å². The molecule has 2 N–H and O–H groups in total. The molecule has 19 heavy (non-hydrogen) atoms. The third-order valence-corrected chi connectivity index (χ3v) is 2.72. The Kier molecular flexibility index (Phi) is 3.71. The van der Waals surface area contributed by atoms with E-state index >= 15 is 0 Å². The number of aryl methyl sites for hydroxylation is 1. The Bertz CT molecular complexity index is 588. The lowest BCUT2D eigenvalue weighted by Crippen LogP contribution is -1.99. The number of benzene rings is 2. The molecule has 0 unspecified atom stereocenters. The molecule has 2 aromatic rings. The molecule has 0 aliphatic heterocycles. The van der Waals surface area contributed by atoms with E-state index in [-0.39, 0.29) is 17.9 Å². The highest BCUT2D eigenvalue weighted by Gasteiger charge is 2.09. The van der Waals surface area contributed by atoms with Gasteiger partial charge in [-0.1, -0.05) is 23.8 Å². The SMILES string of the molecule is Cc1ccc(OCc2ccc(C(=O)O)c(O)c2)cc1. The van der Waals surface area contributed by atoms with Gasteiger partial charge in [-0.3, -0.25) is 0 Å². The second kappa shape index (κ2) is 5.44. The molecule has 2 rings (SSSR count). The second-order valence-corrected chi connectivity index (χ2v) is 4.26. The maximum Gasteiger partial charge on any atom is 0.339 e. The van der Waals surface area contributed by atoms with Crippen molar-refractivity contribution in [1.82, 2.24) is 0 Å². The number of hydrogen-bond donors (Lipinski definition) is 2. The van der Waals surface area contributed by atoms with Gasteiger partial charge in [0.1, 0.15) is 23.7 Å². The molecular formula is C15H14O4. The minimum Gasteiger partial charge on any atom is -0.507 e. The van der Waals surface area contributed by atoms with Crippen LogP contribution in [0.5, 0.6) is 11.5 Å². The predicted octanol–water partition coefficient (Wildman–Crippen LogP) is 2.98. The van der Waals surface area contributed by atoms with Crippen molar-refractivity contribution in [2.45, 2.75) is 13.5 Å². The van der Waals surface area contributed by atoms with Crippen molar-refractivity contribution in [3.05, 3.63) is 59.2 Å². The van der Waals surface area contributed by atoms with Crippen molar-refractivity contribution in [2.75, 3.05) is 0 Å². The first-order valence-electron chi connectivity index (χ1n) is 5.81. The summed E-state index contributed by atoms with van der Waals surface area (Å²) in [7, 11) is 0. The van der Waals surface area contributed by atoms with Gasteiger partial charge in [0.15, 0.2) is 0 Å². The van der Waals surface area contributed by atoms with Crippen LogP contribution in [0.15, 0.2) is 42.5 Å². The molecule has 2 aromatic carbocycles. The smallest absolute Gasteiger partial charge is 0.339 e. The Labute approximate surface area is 110 Å². The normalized spacial score (nSPS) is 10.2. The van der Waals surface area contributed by atoms with Gasteiger partial charge in [-0.05, 0) is 36.8 Å². The summed E-state index contributed by atoms with van der Waals surface area (Å²) in [6.07, 6.45) is 0. The molecule has 0 atom stereocenters.